The minimum atomic E-state index is -1.05. The SMILES string of the molecule is CNC(=O)c1ccc(N/C(C)=C2\C(=O)Nc3ccc(C(=O)O)cc32)cc1. The fraction of sp³-hybridized carbons (Fsp3) is 0.105. The van der Waals surface area contributed by atoms with Crippen LogP contribution in [0.2, 0.25) is 0 Å². The first kappa shape index (κ1) is 17.2. The van der Waals surface area contributed by atoms with Gasteiger partial charge in [0, 0.05) is 35.2 Å². The molecule has 0 fully saturated rings. The number of amides is 2. The van der Waals surface area contributed by atoms with E-state index in [0.717, 1.165) is 0 Å². The molecule has 1 aliphatic rings. The molecule has 0 aliphatic carbocycles. The zero-order valence-corrected chi connectivity index (χ0v) is 14.2. The number of carbonyl (C=O) groups excluding carboxylic acids is 2. The largest absolute Gasteiger partial charge is 0.478 e. The highest BCUT2D eigenvalue weighted by atomic mass is 16.4. The Morgan fingerprint density at radius 1 is 1.04 bits per heavy atom. The molecular weight excluding hydrogens is 334 g/mol. The van der Waals surface area contributed by atoms with Gasteiger partial charge in [-0.2, -0.15) is 0 Å². The van der Waals surface area contributed by atoms with Crippen molar-refractivity contribution < 1.29 is 19.5 Å². The van der Waals surface area contributed by atoms with Gasteiger partial charge >= 0.3 is 5.97 Å². The molecule has 0 aromatic heterocycles. The molecule has 0 spiro atoms. The second kappa shape index (κ2) is 6.72. The lowest BCUT2D eigenvalue weighted by molar-refractivity contribution is -0.110. The minimum absolute atomic E-state index is 0.112. The Morgan fingerprint density at radius 3 is 2.31 bits per heavy atom. The predicted octanol–water partition coefficient (Wildman–Crippen LogP) is 2.54. The fourth-order valence-corrected chi connectivity index (χ4v) is 2.80. The number of allylic oxidation sites excluding steroid dienone is 1. The van der Waals surface area contributed by atoms with E-state index in [2.05, 4.69) is 16.0 Å². The van der Waals surface area contributed by atoms with Crippen LogP contribution < -0.4 is 16.0 Å². The number of carboxylic acid groups (broad SMARTS) is 1. The summed E-state index contributed by atoms with van der Waals surface area (Å²) < 4.78 is 0. The number of carboxylic acids is 1. The molecule has 3 rings (SSSR count). The number of benzene rings is 2. The van der Waals surface area contributed by atoms with E-state index in [4.69, 9.17) is 5.11 Å². The van der Waals surface area contributed by atoms with Gasteiger partial charge in [-0.25, -0.2) is 4.79 Å². The summed E-state index contributed by atoms with van der Waals surface area (Å²) in [5, 5.41) is 17.6. The number of aromatic carboxylic acids is 1. The second-order valence-electron chi connectivity index (χ2n) is 5.80. The first-order chi connectivity index (χ1) is 12.4. The topological polar surface area (TPSA) is 108 Å². The molecule has 1 aliphatic heterocycles. The van der Waals surface area contributed by atoms with Gasteiger partial charge in [-0.1, -0.05) is 0 Å². The number of carbonyl (C=O) groups is 3. The van der Waals surface area contributed by atoms with Gasteiger partial charge in [0.1, 0.15) is 0 Å². The number of hydrogen-bond donors (Lipinski definition) is 4. The van der Waals surface area contributed by atoms with Gasteiger partial charge in [0.25, 0.3) is 11.8 Å². The zero-order chi connectivity index (χ0) is 18.8. The van der Waals surface area contributed by atoms with Gasteiger partial charge < -0.3 is 21.1 Å². The number of rotatable bonds is 4. The molecule has 2 amide bonds. The smallest absolute Gasteiger partial charge is 0.335 e. The molecule has 1 heterocycles. The molecule has 0 bridgehead atoms. The van der Waals surface area contributed by atoms with E-state index in [1.807, 2.05) is 0 Å². The molecule has 4 N–H and O–H groups in total. The molecule has 2 aromatic carbocycles. The van der Waals surface area contributed by atoms with Gasteiger partial charge in [0.15, 0.2) is 0 Å². The van der Waals surface area contributed by atoms with Crippen LogP contribution in [0, 0.1) is 0 Å². The molecule has 0 atom stereocenters. The van der Waals surface area contributed by atoms with Gasteiger partial charge in [0.2, 0.25) is 0 Å². The van der Waals surface area contributed by atoms with Gasteiger partial charge in [-0.3, -0.25) is 9.59 Å². The Labute approximate surface area is 149 Å². The van der Waals surface area contributed by atoms with Crippen molar-refractivity contribution in [2.24, 2.45) is 0 Å². The van der Waals surface area contributed by atoms with Crippen LogP contribution in [-0.4, -0.2) is 29.9 Å². The summed E-state index contributed by atoms with van der Waals surface area (Å²) in [6, 6.07) is 11.3. The third-order valence-corrected chi connectivity index (χ3v) is 4.09. The normalized spacial score (nSPS) is 14.3. The Bertz CT molecular complexity index is 946. The standard InChI is InChI=1S/C19H17N3O4/c1-10(21-13-6-3-11(4-7-13)17(23)20-2)16-14-9-12(19(25)26)5-8-15(14)22-18(16)24/h3-9,21H,1-2H3,(H,20,23)(H,22,24)(H,25,26)/b16-10-. The van der Waals surface area contributed by atoms with E-state index in [1.165, 1.54) is 12.1 Å². The van der Waals surface area contributed by atoms with Crippen LogP contribution in [0.25, 0.3) is 5.57 Å². The fourth-order valence-electron chi connectivity index (χ4n) is 2.80. The molecule has 7 heteroatoms. The van der Waals surface area contributed by atoms with E-state index in [9.17, 15) is 14.4 Å². The van der Waals surface area contributed by atoms with Gasteiger partial charge in [-0.15, -0.1) is 0 Å². The highest BCUT2D eigenvalue weighted by Gasteiger charge is 2.27. The molecule has 0 saturated carbocycles. The van der Waals surface area contributed by atoms with Crippen molar-refractivity contribution in [2.75, 3.05) is 17.7 Å². The maximum atomic E-state index is 12.3. The lowest BCUT2D eigenvalue weighted by atomic mass is 10.0. The van der Waals surface area contributed by atoms with Crippen molar-refractivity contribution in [1.29, 1.82) is 0 Å². The van der Waals surface area contributed by atoms with Crippen molar-refractivity contribution in [1.82, 2.24) is 5.32 Å². The molecule has 0 saturated heterocycles. The summed E-state index contributed by atoms with van der Waals surface area (Å²) in [5.74, 6) is -1.53. The van der Waals surface area contributed by atoms with Crippen molar-refractivity contribution >= 4 is 34.7 Å². The molecule has 2 aromatic rings. The lowest BCUT2D eigenvalue weighted by Crippen LogP contribution is -2.17. The monoisotopic (exact) mass is 351 g/mol. The molecule has 0 radical (unpaired) electrons. The van der Waals surface area contributed by atoms with E-state index >= 15 is 0 Å². The Balaban J connectivity index is 1.93. The van der Waals surface area contributed by atoms with Crippen LogP contribution in [0.15, 0.2) is 48.2 Å². The third-order valence-electron chi connectivity index (χ3n) is 4.09. The van der Waals surface area contributed by atoms with E-state index in [0.29, 0.717) is 33.8 Å². The number of nitrogens with one attached hydrogen (secondary N) is 3. The Kier molecular flexibility index (Phi) is 4.45. The average molecular weight is 351 g/mol. The quantitative estimate of drug-likeness (QED) is 0.633. The first-order valence-corrected chi connectivity index (χ1v) is 7.90. The molecule has 132 valence electrons. The summed E-state index contributed by atoms with van der Waals surface area (Å²) in [6.07, 6.45) is 0. The third kappa shape index (κ3) is 3.14. The Morgan fingerprint density at radius 2 is 1.69 bits per heavy atom. The Hall–Kier alpha value is -3.61. The summed E-state index contributed by atoms with van der Waals surface area (Å²) in [4.78, 5) is 35.1. The van der Waals surface area contributed by atoms with Crippen LogP contribution >= 0.6 is 0 Å². The summed E-state index contributed by atoms with van der Waals surface area (Å²) in [5.41, 5.74) is 3.43. The van der Waals surface area contributed by atoms with Crippen LogP contribution in [0.1, 0.15) is 33.2 Å². The number of hydrogen-bond acceptors (Lipinski definition) is 4. The van der Waals surface area contributed by atoms with Crippen molar-refractivity contribution in [3.05, 3.63) is 64.9 Å². The summed E-state index contributed by atoms with van der Waals surface area (Å²) in [7, 11) is 1.56. The highest BCUT2D eigenvalue weighted by molar-refractivity contribution is 6.32. The predicted molar refractivity (Wildman–Crippen MR) is 98.1 cm³/mol. The second-order valence-corrected chi connectivity index (χ2v) is 5.80. The molecular formula is C19H17N3O4. The van der Waals surface area contributed by atoms with E-state index < -0.39 is 5.97 Å². The number of fused-ring (bicyclic) bond motifs is 1. The maximum Gasteiger partial charge on any atom is 0.335 e. The summed E-state index contributed by atoms with van der Waals surface area (Å²) >= 11 is 0. The van der Waals surface area contributed by atoms with Crippen LogP contribution in [0.4, 0.5) is 11.4 Å². The number of anilines is 2. The molecule has 26 heavy (non-hydrogen) atoms. The summed E-state index contributed by atoms with van der Waals surface area (Å²) in [6.45, 7) is 1.74. The van der Waals surface area contributed by atoms with Crippen molar-refractivity contribution in [2.45, 2.75) is 6.92 Å². The highest BCUT2D eigenvalue weighted by Crippen LogP contribution is 2.34. The van der Waals surface area contributed by atoms with Crippen molar-refractivity contribution in [3.63, 3.8) is 0 Å². The van der Waals surface area contributed by atoms with Gasteiger partial charge in [0.05, 0.1) is 11.1 Å². The van der Waals surface area contributed by atoms with E-state index in [1.54, 1.807) is 44.3 Å². The molecule has 0 unspecified atom stereocenters. The van der Waals surface area contributed by atoms with Gasteiger partial charge in [-0.05, 0) is 49.4 Å². The molecule has 7 nitrogen and oxygen atoms in total. The minimum Gasteiger partial charge on any atom is -0.478 e. The van der Waals surface area contributed by atoms with E-state index in [-0.39, 0.29) is 17.4 Å². The lowest BCUT2D eigenvalue weighted by Gasteiger charge is -2.10. The van der Waals surface area contributed by atoms with Crippen LogP contribution in [0.3, 0.4) is 0 Å². The maximum absolute atomic E-state index is 12.3. The zero-order valence-electron chi connectivity index (χ0n) is 14.2. The first-order valence-electron chi connectivity index (χ1n) is 7.90. The van der Waals surface area contributed by atoms with Crippen molar-refractivity contribution in [3.8, 4) is 0 Å². The van der Waals surface area contributed by atoms with Crippen LogP contribution in [0.5, 0.6) is 0 Å². The average Bonchev–Trinajstić information content (AvgIpc) is 2.96. The van der Waals surface area contributed by atoms with Crippen LogP contribution in [-0.2, 0) is 4.79 Å².